The van der Waals surface area contributed by atoms with Gasteiger partial charge in [-0.2, -0.15) is 14.6 Å². The number of methoxy groups -OCH3 is 1. The molecule has 0 aliphatic rings. The molecule has 0 unspecified atom stereocenters. The maximum absolute atomic E-state index is 5.29. The van der Waals surface area contributed by atoms with E-state index in [-0.39, 0.29) is 0 Å². The average molecular weight is 412 g/mol. The Balaban J connectivity index is 1.94. The highest BCUT2D eigenvalue weighted by atomic mass is 16.5. The number of benzene rings is 1. The molecule has 2 heterocycles. The number of aromatic nitrogens is 4. The lowest BCUT2D eigenvalue weighted by molar-refractivity contribution is 0.389. The molecule has 0 amide bonds. The van der Waals surface area contributed by atoms with Gasteiger partial charge in [0, 0.05) is 24.7 Å². The number of fused-ring (bicyclic) bond motifs is 1. The number of anilines is 1. The highest BCUT2D eigenvalue weighted by Crippen LogP contribution is 2.26. The predicted octanol–water partition coefficient (Wildman–Crippen LogP) is 2.51. The van der Waals surface area contributed by atoms with Crippen LogP contribution in [0.2, 0.25) is 0 Å². The summed E-state index contributed by atoms with van der Waals surface area (Å²) in [5, 5.41) is 4.45. The summed E-state index contributed by atoms with van der Waals surface area (Å²) < 4.78 is 7.13. The minimum atomic E-state index is 0.614. The first-order chi connectivity index (χ1) is 14.5. The van der Waals surface area contributed by atoms with E-state index in [0.29, 0.717) is 5.78 Å². The van der Waals surface area contributed by atoms with Crippen molar-refractivity contribution in [3.63, 3.8) is 0 Å². The van der Waals surface area contributed by atoms with Crippen molar-refractivity contribution >= 4 is 11.6 Å². The Kier molecular flexibility index (Phi) is 7.59. The van der Waals surface area contributed by atoms with Crippen LogP contribution >= 0.6 is 0 Å². The van der Waals surface area contributed by atoms with E-state index in [1.54, 1.807) is 13.4 Å². The van der Waals surface area contributed by atoms with E-state index in [2.05, 4.69) is 59.0 Å². The minimum Gasteiger partial charge on any atom is -0.497 e. The molecule has 2 aromatic heterocycles. The molecule has 0 saturated carbocycles. The summed E-state index contributed by atoms with van der Waals surface area (Å²) >= 11 is 0. The van der Waals surface area contributed by atoms with Crippen LogP contribution in [0.5, 0.6) is 5.75 Å². The van der Waals surface area contributed by atoms with Crippen LogP contribution in [0.4, 0.5) is 5.82 Å². The van der Waals surface area contributed by atoms with Gasteiger partial charge in [-0.15, -0.1) is 0 Å². The molecule has 0 radical (unpaired) electrons. The van der Waals surface area contributed by atoms with E-state index in [4.69, 9.17) is 9.72 Å². The van der Waals surface area contributed by atoms with Crippen molar-refractivity contribution in [3.05, 3.63) is 36.7 Å². The van der Waals surface area contributed by atoms with Gasteiger partial charge in [-0.1, -0.05) is 0 Å². The van der Waals surface area contributed by atoms with E-state index >= 15 is 0 Å². The molecule has 1 aromatic carbocycles. The molecular weight excluding hydrogens is 378 g/mol. The Bertz CT molecular complexity index is 907. The van der Waals surface area contributed by atoms with E-state index < -0.39 is 0 Å². The Labute approximate surface area is 179 Å². The van der Waals surface area contributed by atoms with Crippen LogP contribution in [-0.2, 0) is 0 Å². The smallest absolute Gasteiger partial charge is 0.254 e. The topological polar surface area (TPSA) is 62.0 Å². The number of ether oxygens (including phenoxy) is 1. The first kappa shape index (κ1) is 22.0. The summed E-state index contributed by atoms with van der Waals surface area (Å²) in [6.07, 6.45) is 3.72. The third kappa shape index (κ3) is 5.67. The van der Waals surface area contributed by atoms with Crippen molar-refractivity contribution < 1.29 is 4.74 Å². The minimum absolute atomic E-state index is 0.614. The molecular formula is C22H33N7O. The lowest BCUT2D eigenvalue weighted by Gasteiger charge is -2.26. The summed E-state index contributed by atoms with van der Waals surface area (Å²) in [4.78, 5) is 15.9. The zero-order valence-electron chi connectivity index (χ0n) is 18.7. The summed E-state index contributed by atoms with van der Waals surface area (Å²) in [6, 6.07) is 10.1. The molecule has 0 aliphatic heterocycles. The zero-order chi connectivity index (χ0) is 21.5. The zero-order valence-corrected chi connectivity index (χ0v) is 18.7. The van der Waals surface area contributed by atoms with Crippen molar-refractivity contribution in [1.29, 1.82) is 0 Å². The summed E-state index contributed by atoms with van der Waals surface area (Å²) in [7, 11) is 10.1. The number of nitrogens with zero attached hydrogens (tertiary/aromatic N) is 7. The van der Waals surface area contributed by atoms with Crippen LogP contribution in [0, 0.1) is 0 Å². The van der Waals surface area contributed by atoms with Crippen LogP contribution in [0.25, 0.3) is 17.0 Å². The molecule has 30 heavy (non-hydrogen) atoms. The molecule has 0 atom stereocenters. The van der Waals surface area contributed by atoms with Crippen LogP contribution < -0.4 is 9.64 Å². The second kappa shape index (κ2) is 10.4. The van der Waals surface area contributed by atoms with Crippen molar-refractivity contribution in [2.24, 2.45) is 0 Å². The molecule has 0 spiro atoms. The average Bonchev–Trinajstić information content (AvgIpc) is 3.20. The Morgan fingerprint density at radius 1 is 0.900 bits per heavy atom. The largest absolute Gasteiger partial charge is 0.497 e. The molecule has 3 rings (SSSR count). The lowest BCUT2D eigenvalue weighted by atomic mass is 10.1. The van der Waals surface area contributed by atoms with Crippen LogP contribution in [0.3, 0.4) is 0 Å². The van der Waals surface area contributed by atoms with E-state index in [1.807, 2.05) is 28.8 Å². The van der Waals surface area contributed by atoms with Crippen molar-refractivity contribution in [3.8, 4) is 17.0 Å². The normalized spacial score (nSPS) is 11.6. The van der Waals surface area contributed by atoms with Crippen molar-refractivity contribution in [2.75, 3.05) is 66.4 Å². The maximum atomic E-state index is 5.29. The molecule has 0 saturated heterocycles. The molecule has 8 nitrogen and oxygen atoms in total. The van der Waals surface area contributed by atoms with Gasteiger partial charge in [0.2, 0.25) is 0 Å². The SMILES string of the molecule is COc1ccc(-c2cc(N(CCCN(C)C)CCCN(C)C)n3ncnc3n2)cc1. The van der Waals surface area contributed by atoms with Gasteiger partial charge in [0.05, 0.1) is 12.8 Å². The standard InChI is InChI=1S/C22H33N7O/c1-26(2)12-6-14-28(15-7-13-27(3)4)21-16-20(25-22-23-17-24-29(21)22)18-8-10-19(30-5)11-9-18/h8-11,16-17H,6-7,12-15H2,1-5H3. The van der Waals surface area contributed by atoms with E-state index in [0.717, 1.165) is 61.8 Å². The molecule has 3 aromatic rings. The first-order valence-electron chi connectivity index (χ1n) is 10.4. The summed E-state index contributed by atoms with van der Waals surface area (Å²) in [6.45, 7) is 3.99. The molecule has 0 fully saturated rings. The van der Waals surface area contributed by atoms with E-state index in [1.165, 1.54) is 0 Å². The molecule has 0 aliphatic carbocycles. The quantitative estimate of drug-likeness (QED) is 0.480. The fourth-order valence-electron chi connectivity index (χ4n) is 3.43. The maximum Gasteiger partial charge on any atom is 0.254 e. The van der Waals surface area contributed by atoms with E-state index in [9.17, 15) is 0 Å². The Hall–Kier alpha value is -2.71. The Morgan fingerprint density at radius 3 is 2.10 bits per heavy atom. The Morgan fingerprint density at radius 2 is 1.53 bits per heavy atom. The van der Waals surface area contributed by atoms with Gasteiger partial charge in [0.15, 0.2) is 0 Å². The van der Waals surface area contributed by atoms with Gasteiger partial charge in [-0.05, 0) is 78.4 Å². The second-order valence-electron chi connectivity index (χ2n) is 8.00. The first-order valence-corrected chi connectivity index (χ1v) is 10.4. The number of hydrogen-bond donors (Lipinski definition) is 0. The lowest BCUT2D eigenvalue weighted by Crippen LogP contribution is -2.31. The van der Waals surface area contributed by atoms with Gasteiger partial charge >= 0.3 is 0 Å². The summed E-state index contributed by atoms with van der Waals surface area (Å²) in [5.74, 6) is 2.47. The van der Waals surface area contributed by atoms with Crippen molar-refractivity contribution in [1.82, 2.24) is 29.4 Å². The fourth-order valence-corrected chi connectivity index (χ4v) is 3.43. The van der Waals surface area contributed by atoms with Crippen molar-refractivity contribution in [2.45, 2.75) is 12.8 Å². The number of rotatable bonds is 11. The fraction of sp³-hybridized carbons (Fsp3) is 0.500. The van der Waals surface area contributed by atoms with Gasteiger partial charge in [-0.25, -0.2) is 4.98 Å². The highest BCUT2D eigenvalue weighted by Gasteiger charge is 2.16. The van der Waals surface area contributed by atoms with Gasteiger partial charge in [0.1, 0.15) is 17.9 Å². The number of hydrogen-bond acceptors (Lipinski definition) is 7. The van der Waals surface area contributed by atoms with Crippen LogP contribution in [-0.4, -0.2) is 90.9 Å². The molecule has 162 valence electrons. The second-order valence-corrected chi connectivity index (χ2v) is 8.00. The highest BCUT2D eigenvalue weighted by molar-refractivity contribution is 5.66. The van der Waals surface area contributed by atoms with Gasteiger partial charge in [0.25, 0.3) is 5.78 Å². The molecule has 8 heteroatoms. The van der Waals surface area contributed by atoms with Gasteiger partial charge < -0.3 is 19.4 Å². The monoisotopic (exact) mass is 411 g/mol. The van der Waals surface area contributed by atoms with Crippen LogP contribution in [0.1, 0.15) is 12.8 Å². The predicted molar refractivity (Wildman–Crippen MR) is 121 cm³/mol. The third-order valence-electron chi connectivity index (χ3n) is 5.01. The van der Waals surface area contributed by atoms with Crippen LogP contribution in [0.15, 0.2) is 36.7 Å². The summed E-state index contributed by atoms with van der Waals surface area (Å²) in [5.41, 5.74) is 1.92. The molecule has 0 bridgehead atoms. The molecule has 0 N–H and O–H groups in total. The third-order valence-corrected chi connectivity index (χ3v) is 5.01. The van der Waals surface area contributed by atoms with Gasteiger partial charge in [-0.3, -0.25) is 0 Å².